The Balaban J connectivity index is 1.17. The number of unbranched alkanes of at least 4 members (excludes halogenated alkanes) is 9. The van der Waals surface area contributed by atoms with Crippen molar-refractivity contribution in [3.63, 3.8) is 0 Å². The van der Waals surface area contributed by atoms with Gasteiger partial charge in [-0.2, -0.15) is 0 Å². The van der Waals surface area contributed by atoms with Crippen molar-refractivity contribution in [3.8, 4) is 22.6 Å². The zero-order valence-corrected chi connectivity index (χ0v) is 23.2. The van der Waals surface area contributed by atoms with Gasteiger partial charge in [0.2, 0.25) is 0 Å². The van der Waals surface area contributed by atoms with E-state index in [9.17, 15) is 0 Å². The van der Waals surface area contributed by atoms with Crippen LogP contribution in [-0.4, -0.2) is 13.2 Å². The van der Waals surface area contributed by atoms with Crippen molar-refractivity contribution in [2.45, 2.75) is 91.0 Å². The quantitative estimate of drug-likeness (QED) is 0.120. The zero-order chi connectivity index (χ0) is 26.0. The fourth-order valence-corrected chi connectivity index (χ4v) is 4.43. The van der Waals surface area contributed by atoms with E-state index in [1.807, 2.05) is 0 Å². The Morgan fingerprint density at radius 3 is 1.62 bits per heavy atom. The highest BCUT2D eigenvalue weighted by molar-refractivity contribution is 5.64. The molecule has 2 aromatic carbocycles. The number of aryl methyl sites for hydroxylation is 1. The van der Waals surface area contributed by atoms with Gasteiger partial charge in [0.25, 0.3) is 0 Å². The van der Waals surface area contributed by atoms with Gasteiger partial charge < -0.3 is 9.47 Å². The van der Waals surface area contributed by atoms with Gasteiger partial charge in [0.05, 0.1) is 13.2 Å². The number of benzene rings is 2. The summed E-state index contributed by atoms with van der Waals surface area (Å²) in [6.45, 7) is 7.14. The smallest absolute Gasteiger partial charge is 0.168 e. The van der Waals surface area contributed by atoms with Gasteiger partial charge in [-0.05, 0) is 54.2 Å². The molecular weight excluding hydrogens is 454 g/mol. The summed E-state index contributed by atoms with van der Waals surface area (Å²) in [5.74, 6) is 2.49. The second-order valence-corrected chi connectivity index (χ2v) is 10.4. The van der Waals surface area contributed by atoms with Gasteiger partial charge in [-0.15, -0.1) is 0 Å². The van der Waals surface area contributed by atoms with Crippen LogP contribution in [0, 0.1) is 5.92 Å². The lowest BCUT2D eigenvalue weighted by Crippen LogP contribution is -2.32. The molecule has 0 bridgehead atoms. The molecule has 200 valence electrons. The molecule has 3 rings (SSSR count). The molecule has 3 aromatic rings. The molecule has 0 amide bonds. The topological polar surface area (TPSA) is 22.3 Å². The van der Waals surface area contributed by atoms with E-state index < -0.39 is 0 Å². The van der Waals surface area contributed by atoms with Crippen LogP contribution in [0.4, 0.5) is 0 Å². The lowest BCUT2D eigenvalue weighted by molar-refractivity contribution is -0.697. The van der Waals surface area contributed by atoms with Gasteiger partial charge in [0, 0.05) is 18.6 Å². The maximum absolute atomic E-state index is 5.97. The maximum Gasteiger partial charge on any atom is 0.168 e. The van der Waals surface area contributed by atoms with Crippen LogP contribution in [0.25, 0.3) is 11.1 Å². The first-order valence-corrected chi connectivity index (χ1v) is 14.6. The average molecular weight is 503 g/mol. The van der Waals surface area contributed by atoms with E-state index in [0.29, 0.717) is 5.92 Å². The molecule has 0 aliphatic rings. The lowest BCUT2D eigenvalue weighted by atomic mass is 10.1. The first-order valence-electron chi connectivity index (χ1n) is 14.6. The van der Waals surface area contributed by atoms with Crippen LogP contribution in [-0.2, 0) is 6.54 Å². The molecule has 1 atom stereocenters. The van der Waals surface area contributed by atoms with Gasteiger partial charge in [-0.3, -0.25) is 0 Å². The summed E-state index contributed by atoms with van der Waals surface area (Å²) in [5, 5.41) is 0. The van der Waals surface area contributed by atoms with Crippen LogP contribution >= 0.6 is 0 Å². The molecule has 37 heavy (non-hydrogen) atoms. The highest BCUT2D eigenvalue weighted by Gasteiger charge is 2.03. The minimum atomic E-state index is 0.585. The molecule has 1 aromatic heterocycles. The third kappa shape index (κ3) is 11.9. The van der Waals surface area contributed by atoms with Crippen LogP contribution in [0.5, 0.6) is 11.5 Å². The highest BCUT2D eigenvalue weighted by atomic mass is 16.5. The number of pyridine rings is 1. The van der Waals surface area contributed by atoms with Crippen LogP contribution in [0.2, 0.25) is 0 Å². The van der Waals surface area contributed by atoms with E-state index in [1.165, 1.54) is 68.9 Å². The molecule has 0 saturated carbocycles. The van der Waals surface area contributed by atoms with Crippen molar-refractivity contribution in [2.75, 3.05) is 13.2 Å². The SMILES string of the molecule is CCC(C)COc1ccc(-c2ccc(OCCCCCCCCCCCC[n+]3ccccc3)cc2)cc1. The molecule has 0 spiro atoms. The molecule has 3 heteroatoms. The van der Waals surface area contributed by atoms with Gasteiger partial charge in [0.1, 0.15) is 18.0 Å². The number of aromatic nitrogens is 1. The average Bonchev–Trinajstić information content (AvgIpc) is 2.95. The Labute approximate surface area is 225 Å². The summed E-state index contributed by atoms with van der Waals surface area (Å²) in [4.78, 5) is 0. The standard InChI is InChI=1S/C34H48NO2/c1-3-30(2)29-37-34-23-19-32(20-24-34)31-17-21-33(22-18-31)36-28-16-11-9-7-5-4-6-8-10-13-25-35-26-14-12-15-27-35/h12,14-15,17-24,26-27,30H,3-11,13,16,25,28-29H2,1-2H3/q+1. The Bertz CT molecular complexity index is 953. The molecule has 0 N–H and O–H groups in total. The number of nitrogens with zero attached hydrogens (tertiary/aromatic N) is 1. The molecular formula is C34H48NO2+. The minimum Gasteiger partial charge on any atom is -0.494 e. The minimum absolute atomic E-state index is 0.585. The Morgan fingerprint density at radius 1 is 0.595 bits per heavy atom. The van der Waals surface area contributed by atoms with E-state index in [0.717, 1.165) is 44.1 Å². The van der Waals surface area contributed by atoms with Gasteiger partial charge in [-0.1, -0.05) is 95.5 Å². The van der Waals surface area contributed by atoms with Crippen molar-refractivity contribution in [3.05, 3.63) is 79.1 Å². The Kier molecular flexibility index (Phi) is 13.7. The van der Waals surface area contributed by atoms with Gasteiger partial charge in [0.15, 0.2) is 12.4 Å². The van der Waals surface area contributed by atoms with E-state index >= 15 is 0 Å². The van der Waals surface area contributed by atoms with Crippen molar-refractivity contribution >= 4 is 0 Å². The summed E-state index contributed by atoms with van der Waals surface area (Å²) >= 11 is 0. The third-order valence-electron chi connectivity index (χ3n) is 7.13. The van der Waals surface area contributed by atoms with Gasteiger partial charge >= 0.3 is 0 Å². The Hall–Kier alpha value is -2.81. The highest BCUT2D eigenvalue weighted by Crippen LogP contribution is 2.25. The lowest BCUT2D eigenvalue weighted by Gasteiger charge is -2.11. The molecule has 0 saturated heterocycles. The van der Waals surface area contributed by atoms with Crippen LogP contribution in [0.15, 0.2) is 79.1 Å². The first kappa shape index (κ1) is 28.8. The van der Waals surface area contributed by atoms with Crippen molar-refractivity contribution < 1.29 is 14.0 Å². The van der Waals surface area contributed by atoms with Crippen molar-refractivity contribution in [1.29, 1.82) is 0 Å². The molecule has 1 heterocycles. The van der Waals surface area contributed by atoms with E-state index in [-0.39, 0.29) is 0 Å². The zero-order valence-electron chi connectivity index (χ0n) is 23.2. The van der Waals surface area contributed by atoms with Crippen molar-refractivity contribution in [2.24, 2.45) is 5.92 Å². The predicted octanol–water partition coefficient (Wildman–Crippen LogP) is 9.05. The second-order valence-electron chi connectivity index (χ2n) is 10.4. The second kappa shape index (κ2) is 17.6. The fourth-order valence-electron chi connectivity index (χ4n) is 4.43. The van der Waals surface area contributed by atoms with E-state index in [4.69, 9.17) is 9.47 Å². The largest absolute Gasteiger partial charge is 0.494 e. The number of ether oxygens (including phenoxy) is 2. The molecule has 3 nitrogen and oxygen atoms in total. The monoisotopic (exact) mass is 502 g/mol. The Morgan fingerprint density at radius 2 is 1.08 bits per heavy atom. The number of hydrogen-bond acceptors (Lipinski definition) is 2. The van der Waals surface area contributed by atoms with E-state index in [1.54, 1.807) is 0 Å². The molecule has 0 fully saturated rings. The third-order valence-corrected chi connectivity index (χ3v) is 7.13. The van der Waals surface area contributed by atoms with Crippen molar-refractivity contribution in [1.82, 2.24) is 0 Å². The normalized spacial score (nSPS) is 11.8. The molecule has 0 aliphatic heterocycles. The van der Waals surface area contributed by atoms with Crippen LogP contribution in [0.1, 0.15) is 84.5 Å². The summed E-state index contributed by atoms with van der Waals surface area (Å²) in [6, 6.07) is 23.1. The molecule has 0 aliphatic carbocycles. The summed E-state index contributed by atoms with van der Waals surface area (Å²) in [7, 11) is 0. The maximum atomic E-state index is 5.97. The molecule has 0 radical (unpaired) electrons. The number of hydrogen-bond donors (Lipinski definition) is 0. The van der Waals surface area contributed by atoms with Crippen LogP contribution in [0.3, 0.4) is 0 Å². The first-order chi connectivity index (χ1) is 18.2. The predicted molar refractivity (Wildman–Crippen MR) is 155 cm³/mol. The van der Waals surface area contributed by atoms with Crippen LogP contribution < -0.4 is 14.0 Å². The van der Waals surface area contributed by atoms with Gasteiger partial charge in [-0.25, -0.2) is 4.57 Å². The van der Waals surface area contributed by atoms with E-state index in [2.05, 4.69) is 97.5 Å². The fraction of sp³-hybridized carbons (Fsp3) is 0.500. The summed E-state index contributed by atoms with van der Waals surface area (Å²) < 4.78 is 14.1. The summed E-state index contributed by atoms with van der Waals surface area (Å²) in [6.07, 6.45) is 18.7. The number of rotatable bonds is 19. The summed E-state index contributed by atoms with van der Waals surface area (Å²) in [5.41, 5.74) is 2.41. The molecule has 1 unspecified atom stereocenters.